The normalized spacial score (nSPS) is 14.3. The second-order valence-corrected chi connectivity index (χ2v) is 8.86. The van der Waals surface area contributed by atoms with E-state index in [-0.39, 0.29) is 0 Å². The van der Waals surface area contributed by atoms with E-state index in [9.17, 15) is 0 Å². The summed E-state index contributed by atoms with van der Waals surface area (Å²) in [6, 6.07) is 21.5. The lowest BCUT2D eigenvalue weighted by molar-refractivity contribution is 0.585. The first-order chi connectivity index (χ1) is 16.2. The average molecular weight is 434 g/mol. The number of H-pyrrole nitrogens is 1. The molecule has 164 valence electrons. The molecule has 0 aliphatic carbocycles. The molecular formula is C28H27N5. The van der Waals surface area contributed by atoms with Crippen LogP contribution in [0, 0.1) is 13.8 Å². The Balaban J connectivity index is 1.40. The van der Waals surface area contributed by atoms with Gasteiger partial charge in [0.25, 0.3) is 0 Å². The number of nitrogens with one attached hydrogen (secondary N) is 2. The summed E-state index contributed by atoms with van der Waals surface area (Å²) >= 11 is 0. The Labute approximate surface area is 193 Å². The highest BCUT2D eigenvalue weighted by Crippen LogP contribution is 2.35. The van der Waals surface area contributed by atoms with Crippen LogP contribution in [0.3, 0.4) is 0 Å². The number of nitrogens with zero attached hydrogens (tertiary/aromatic N) is 3. The van der Waals surface area contributed by atoms with Crippen molar-refractivity contribution in [2.75, 3.05) is 31.1 Å². The van der Waals surface area contributed by atoms with Crippen molar-refractivity contribution in [3.63, 3.8) is 0 Å². The van der Waals surface area contributed by atoms with Crippen molar-refractivity contribution in [2.45, 2.75) is 13.8 Å². The summed E-state index contributed by atoms with van der Waals surface area (Å²) in [4.78, 5) is 15.5. The molecular weight excluding hydrogens is 406 g/mol. The van der Waals surface area contributed by atoms with E-state index in [4.69, 9.17) is 9.97 Å². The number of hydrogen-bond acceptors (Lipinski definition) is 4. The van der Waals surface area contributed by atoms with E-state index in [2.05, 4.69) is 83.6 Å². The summed E-state index contributed by atoms with van der Waals surface area (Å²) < 4.78 is 0. The summed E-state index contributed by atoms with van der Waals surface area (Å²) in [6.45, 7) is 8.30. The number of anilines is 1. The molecule has 5 aromatic rings. The van der Waals surface area contributed by atoms with Gasteiger partial charge in [0.15, 0.2) is 0 Å². The summed E-state index contributed by atoms with van der Waals surface area (Å²) in [5, 5.41) is 5.81. The number of piperazine rings is 1. The van der Waals surface area contributed by atoms with Crippen LogP contribution in [0.15, 0.2) is 66.9 Å². The summed E-state index contributed by atoms with van der Waals surface area (Å²) in [5.41, 5.74) is 9.14. The van der Waals surface area contributed by atoms with E-state index < -0.39 is 0 Å². The van der Waals surface area contributed by atoms with Gasteiger partial charge in [-0.25, -0.2) is 4.98 Å². The molecule has 1 saturated heterocycles. The number of aromatic amines is 1. The van der Waals surface area contributed by atoms with Crippen LogP contribution in [-0.2, 0) is 0 Å². The fourth-order valence-corrected chi connectivity index (χ4v) is 4.94. The van der Waals surface area contributed by atoms with Crippen molar-refractivity contribution in [1.82, 2.24) is 20.3 Å². The molecule has 33 heavy (non-hydrogen) atoms. The third kappa shape index (κ3) is 3.55. The number of pyridine rings is 2. The first-order valence-corrected chi connectivity index (χ1v) is 11.6. The van der Waals surface area contributed by atoms with Gasteiger partial charge < -0.3 is 15.2 Å². The topological polar surface area (TPSA) is 56.8 Å². The van der Waals surface area contributed by atoms with Crippen LogP contribution < -0.4 is 10.2 Å². The maximum absolute atomic E-state index is 4.75. The van der Waals surface area contributed by atoms with Crippen molar-refractivity contribution in [2.24, 2.45) is 0 Å². The Hall–Kier alpha value is -3.70. The molecule has 5 nitrogen and oxygen atoms in total. The van der Waals surface area contributed by atoms with Gasteiger partial charge in [0.1, 0.15) is 5.82 Å². The van der Waals surface area contributed by atoms with Crippen LogP contribution in [0.4, 0.5) is 5.82 Å². The zero-order chi connectivity index (χ0) is 22.4. The van der Waals surface area contributed by atoms with Crippen LogP contribution >= 0.6 is 0 Å². The number of rotatable bonds is 3. The quantitative estimate of drug-likeness (QED) is 0.396. The average Bonchev–Trinajstić information content (AvgIpc) is 3.19. The number of fused-ring (bicyclic) bond motifs is 2. The monoisotopic (exact) mass is 433 g/mol. The minimum absolute atomic E-state index is 1.01. The molecule has 2 N–H and O–H groups in total. The lowest BCUT2D eigenvalue weighted by Gasteiger charge is -2.28. The molecule has 0 bridgehead atoms. The van der Waals surface area contributed by atoms with Crippen LogP contribution in [0.1, 0.15) is 11.3 Å². The van der Waals surface area contributed by atoms with Gasteiger partial charge in [-0.05, 0) is 55.3 Å². The fourth-order valence-electron chi connectivity index (χ4n) is 4.94. The van der Waals surface area contributed by atoms with E-state index in [0.29, 0.717) is 0 Å². The zero-order valence-electron chi connectivity index (χ0n) is 19.0. The number of para-hydroxylation sites is 1. The van der Waals surface area contributed by atoms with Crippen LogP contribution in [-0.4, -0.2) is 41.1 Å². The van der Waals surface area contributed by atoms with Crippen molar-refractivity contribution in [3.05, 3.63) is 78.1 Å². The Morgan fingerprint density at radius 1 is 0.848 bits per heavy atom. The van der Waals surface area contributed by atoms with Crippen molar-refractivity contribution >= 4 is 27.6 Å². The van der Waals surface area contributed by atoms with E-state index in [1.165, 1.54) is 27.5 Å². The Morgan fingerprint density at radius 3 is 2.48 bits per heavy atom. The number of aromatic nitrogens is 3. The molecule has 1 aliphatic heterocycles. The summed E-state index contributed by atoms with van der Waals surface area (Å²) in [7, 11) is 0. The highest BCUT2D eigenvalue weighted by atomic mass is 15.2. The maximum atomic E-state index is 4.75. The number of aryl methyl sites for hydroxylation is 2. The molecule has 0 radical (unpaired) electrons. The van der Waals surface area contributed by atoms with Gasteiger partial charge in [-0.15, -0.1) is 0 Å². The van der Waals surface area contributed by atoms with Gasteiger partial charge in [0.2, 0.25) is 0 Å². The summed E-state index contributed by atoms with van der Waals surface area (Å²) in [6.07, 6.45) is 2.00. The van der Waals surface area contributed by atoms with Gasteiger partial charge >= 0.3 is 0 Å². The Bertz CT molecular complexity index is 1460. The molecule has 0 atom stereocenters. The first kappa shape index (κ1) is 19.9. The number of hydrogen-bond donors (Lipinski definition) is 2. The molecule has 4 heterocycles. The van der Waals surface area contributed by atoms with Gasteiger partial charge in [-0.3, -0.25) is 4.98 Å². The molecule has 0 saturated carbocycles. The summed E-state index contributed by atoms with van der Waals surface area (Å²) in [5.74, 6) is 1.05. The Morgan fingerprint density at radius 2 is 1.67 bits per heavy atom. The molecule has 0 spiro atoms. The highest BCUT2D eigenvalue weighted by molar-refractivity contribution is 6.00. The molecule has 0 amide bonds. The lowest BCUT2D eigenvalue weighted by Crippen LogP contribution is -2.43. The Kier molecular flexibility index (Phi) is 4.84. The number of benzene rings is 2. The van der Waals surface area contributed by atoms with Crippen LogP contribution in [0.2, 0.25) is 0 Å². The molecule has 3 aromatic heterocycles. The van der Waals surface area contributed by atoms with E-state index in [1.54, 1.807) is 0 Å². The molecule has 6 rings (SSSR count). The minimum atomic E-state index is 1.01. The maximum Gasteiger partial charge on any atom is 0.128 e. The van der Waals surface area contributed by atoms with Crippen molar-refractivity contribution < 1.29 is 0 Å². The second kappa shape index (κ2) is 8.01. The van der Waals surface area contributed by atoms with Gasteiger partial charge in [-0.2, -0.15) is 0 Å². The van der Waals surface area contributed by atoms with E-state index >= 15 is 0 Å². The zero-order valence-corrected chi connectivity index (χ0v) is 19.0. The van der Waals surface area contributed by atoms with Crippen molar-refractivity contribution in [3.8, 4) is 22.4 Å². The largest absolute Gasteiger partial charge is 0.354 e. The van der Waals surface area contributed by atoms with Gasteiger partial charge in [0, 0.05) is 65.5 Å². The van der Waals surface area contributed by atoms with Crippen LogP contribution in [0.25, 0.3) is 44.2 Å². The lowest BCUT2D eigenvalue weighted by atomic mass is 10.0. The molecule has 1 fully saturated rings. The fraction of sp³-hybridized carbons (Fsp3) is 0.214. The molecule has 5 heteroatoms. The predicted molar refractivity (Wildman–Crippen MR) is 137 cm³/mol. The molecule has 2 aromatic carbocycles. The van der Waals surface area contributed by atoms with Gasteiger partial charge in [-0.1, -0.05) is 30.3 Å². The van der Waals surface area contributed by atoms with E-state index in [0.717, 1.165) is 60.0 Å². The predicted octanol–water partition coefficient (Wildman–Crippen LogP) is 5.47. The smallest absolute Gasteiger partial charge is 0.128 e. The van der Waals surface area contributed by atoms with Gasteiger partial charge in [0.05, 0.1) is 11.2 Å². The van der Waals surface area contributed by atoms with E-state index in [1.807, 2.05) is 12.3 Å². The molecule has 0 unspecified atom stereocenters. The standard InChI is InChI=1S/C28H27N5/c1-18-15-24(23-5-3-4-6-25(23)31-18)28-19(2)22-9-7-20(16-26(22)32-28)21-8-10-27(30-17-21)33-13-11-29-12-14-33/h3-10,15-17,29,32H,11-14H2,1-2H3. The van der Waals surface area contributed by atoms with Crippen LogP contribution in [0.5, 0.6) is 0 Å². The third-order valence-corrected chi connectivity index (χ3v) is 6.69. The SMILES string of the molecule is Cc1cc(-c2[nH]c3cc(-c4ccc(N5CCNCC5)nc4)ccc3c2C)c2ccccc2n1. The first-order valence-electron chi connectivity index (χ1n) is 11.6. The minimum Gasteiger partial charge on any atom is -0.354 e. The third-order valence-electron chi connectivity index (χ3n) is 6.69. The highest BCUT2D eigenvalue weighted by Gasteiger charge is 2.15. The molecule has 1 aliphatic rings. The van der Waals surface area contributed by atoms with Crippen molar-refractivity contribution in [1.29, 1.82) is 0 Å². The second-order valence-electron chi connectivity index (χ2n) is 8.86.